The van der Waals surface area contributed by atoms with Crippen LogP contribution in [-0.4, -0.2) is 31.2 Å². The first-order chi connectivity index (χ1) is 7.53. The summed E-state index contributed by atoms with van der Waals surface area (Å²) in [6.45, 7) is 2.87. The zero-order valence-electron chi connectivity index (χ0n) is 9.27. The first kappa shape index (κ1) is 13.5. The van der Waals surface area contributed by atoms with Gasteiger partial charge in [0.25, 0.3) is 0 Å². The number of halogens is 1. The first-order valence-electron chi connectivity index (χ1n) is 5.17. The molecule has 1 aromatic rings. The van der Waals surface area contributed by atoms with Crippen LogP contribution in [0.1, 0.15) is 6.92 Å². The van der Waals surface area contributed by atoms with E-state index in [2.05, 4.69) is 4.72 Å². The molecule has 0 aromatic carbocycles. The molecule has 0 fully saturated rings. The van der Waals surface area contributed by atoms with E-state index >= 15 is 0 Å². The SMILES string of the molecule is CC(CCl)CS(=O)(=O)NCCn1cccc1. The summed E-state index contributed by atoms with van der Waals surface area (Å²) < 4.78 is 27.6. The quantitative estimate of drug-likeness (QED) is 0.755. The summed E-state index contributed by atoms with van der Waals surface area (Å²) >= 11 is 5.58. The number of aromatic nitrogens is 1. The van der Waals surface area contributed by atoms with E-state index in [-0.39, 0.29) is 11.7 Å². The molecule has 1 heterocycles. The van der Waals surface area contributed by atoms with E-state index in [1.807, 2.05) is 36.0 Å². The molecule has 6 heteroatoms. The number of hydrogen-bond acceptors (Lipinski definition) is 2. The smallest absolute Gasteiger partial charge is 0.211 e. The third kappa shape index (κ3) is 5.01. The Labute approximate surface area is 102 Å². The van der Waals surface area contributed by atoms with Gasteiger partial charge < -0.3 is 4.57 Å². The van der Waals surface area contributed by atoms with Crippen molar-refractivity contribution in [2.45, 2.75) is 13.5 Å². The molecule has 0 aliphatic heterocycles. The van der Waals surface area contributed by atoms with Crippen LogP contribution in [0.15, 0.2) is 24.5 Å². The van der Waals surface area contributed by atoms with Gasteiger partial charge in [-0.25, -0.2) is 13.1 Å². The molecule has 0 aliphatic rings. The Kier molecular flexibility index (Phi) is 5.31. The van der Waals surface area contributed by atoms with E-state index in [1.54, 1.807) is 0 Å². The molecular weight excluding hydrogens is 248 g/mol. The average molecular weight is 265 g/mol. The lowest BCUT2D eigenvalue weighted by Crippen LogP contribution is -2.31. The normalized spacial score (nSPS) is 13.9. The van der Waals surface area contributed by atoms with Crippen molar-refractivity contribution in [1.29, 1.82) is 0 Å². The number of hydrogen-bond donors (Lipinski definition) is 1. The van der Waals surface area contributed by atoms with Crippen LogP contribution in [0.2, 0.25) is 0 Å². The predicted molar refractivity (Wildman–Crippen MR) is 66.1 cm³/mol. The second-order valence-corrected chi connectivity index (χ2v) is 6.02. The van der Waals surface area contributed by atoms with Crippen LogP contribution in [0.25, 0.3) is 0 Å². The Morgan fingerprint density at radius 3 is 2.56 bits per heavy atom. The van der Waals surface area contributed by atoms with Crippen molar-refractivity contribution in [3.63, 3.8) is 0 Å². The summed E-state index contributed by atoms with van der Waals surface area (Å²) in [6, 6.07) is 3.81. The Hall–Kier alpha value is -0.520. The van der Waals surface area contributed by atoms with E-state index in [4.69, 9.17) is 11.6 Å². The second kappa shape index (κ2) is 6.27. The third-order valence-electron chi connectivity index (χ3n) is 2.13. The van der Waals surface area contributed by atoms with Crippen molar-refractivity contribution in [3.8, 4) is 0 Å². The number of nitrogens with one attached hydrogen (secondary N) is 1. The highest BCUT2D eigenvalue weighted by Crippen LogP contribution is 2.01. The predicted octanol–water partition coefficient (Wildman–Crippen LogP) is 1.28. The van der Waals surface area contributed by atoms with Crippen molar-refractivity contribution in [3.05, 3.63) is 24.5 Å². The van der Waals surface area contributed by atoms with Crippen LogP contribution >= 0.6 is 11.6 Å². The maximum absolute atomic E-state index is 11.5. The zero-order chi connectivity index (χ0) is 12.0. The highest BCUT2D eigenvalue weighted by molar-refractivity contribution is 7.89. The van der Waals surface area contributed by atoms with Gasteiger partial charge in [0.2, 0.25) is 10.0 Å². The first-order valence-corrected chi connectivity index (χ1v) is 7.36. The topological polar surface area (TPSA) is 51.1 Å². The summed E-state index contributed by atoms with van der Waals surface area (Å²) in [5, 5.41) is 0. The minimum absolute atomic E-state index is 0.0225. The van der Waals surface area contributed by atoms with Crippen molar-refractivity contribution in [2.75, 3.05) is 18.2 Å². The fraction of sp³-hybridized carbons (Fsp3) is 0.600. The lowest BCUT2D eigenvalue weighted by atomic mass is 10.3. The fourth-order valence-corrected chi connectivity index (χ4v) is 2.95. The highest BCUT2D eigenvalue weighted by atomic mass is 35.5. The molecule has 0 spiro atoms. The second-order valence-electron chi connectivity index (χ2n) is 3.86. The van der Waals surface area contributed by atoms with Gasteiger partial charge in [-0.1, -0.05) is 6.92 Å². The maximum atomic E-state index is 11.5. The summed E-state index contributed by atoms with van der Waals surface area (Å²) in [6.07, 6.45) is 3.80. The van der Waals surface area contributed by atoms with Crippen LogP contribution in [-0.2, 0) is 16.6 Å². The standard InChI is InChI=1S/C10H17ClN2O2S/c1-10(8-11)9-16(14,15)12-4-7-13-5-2-3-6-13/h2-3,5-6,10,12H,4,7-9H2,1H3. The van der Waals surface area contributed by atoms with Crippen LogP contribution in [0.4, 0.5) is 0 Å². The van der Waals surface area contributed by atoms with Gasteiger partial charge in [-0.2, -0.15) is 0 Å². The van der Waals surface area contributed by atoms with E-state index in [9.17, 15) is 8.42 Å². The fourth-order valence-electron chi connectivity index (χ4n) is 1.33. The van der Waals surface area contributed by atoms with Crippen molar-refractivity contribution >= 4 is 21.6 Å². The molecule has 0 saturated carbocycles. The van der Waals surface area contributed by atoms with Gasteiger partial charge in [-0.3, -0.25) is 0 Å². The molecule has 4 nitrogen and oxygen atoms in total. The van der Waals surface area contributed by atoms with E-state index in [1.165, 1.54) is 0 Å². The summed E-state index contributed by atoms with van der Waals surface area (Å²) in [5.74, 6) is 0.423. The number of alkyl halides is 1. The Morgan fingerprint density at radius 2 is 2.00 bits per heavy atom. The van der Waals surface area contributed by atoms with Crippen LogP contribution in [0.3, 0.4) is 0 Å². The summed E-state index contributed by atoms with van der Waals surface area (Å²) in [4.78, 5) is 0. The molecule has 0 amide bonds. The molecule has 1 unspecified atom stereocenters. The average Bonchev–Trinajstić information content (AvgIpc) is 2.69. The number of sulfonamides is 1. The monoisotopic (exact) mass is 264 g/mol. The highest BCUT2D eigenvalue weighted by Gasteiger charge is 2.13. The molecule has 1 aromatic heterocycles. The van der Waals surface area contributed by atoms with Gasteiger partial charge in [0.15, 0.2) is 0 Å². The Balaban J connectivity index is 2.31. The van der Waals surface area contributed by atoms with Crippen LogP contribution in [0, 0.1) is 5.92 Å². The van der Waals surface area contributed by atoms with Gasteiger partial charge in [-0.15, -0.1) is 11.6 Å². The Morgan fingerprint density at radius 1 is 1.38 bits per heavy atom. The molecule has 0 saturated heterocycles. The summed E-state index contributed by atoms with van der Waals surface area (Å²) in [5.41, 5.74) is 0. The number of nitrogens with zero attached hydrogens (tertiary/aromatic N) is 1. The molecule has 1 atom stereocenters. The number of rotatable bonds is 7. The van der Waals surface area contributed by atoms with Gasteiger partial charge in [-0.05, 0) is 18.1 Å². The summed E-state index contributed by atoms with van der Waals surface area (Å²) in [7, 11) is -3.19. The zero-order valence-corrected chi connectivity index (χ0v) is 10.8. The minimum atomic E-state index is -3.19. The van der Waals surface area contributed by atoms with E-state index < -0.39 is 10.0 Å². The van der Waals surface area contributed by atoms with E-state index in [0.29, 0.717) is 19.0 Å². The largest absolute Gasteiger partial charge is 0.353 e. The van der Waals surface area contributed by atoms with Crippen molar-refractivity contribution < 1.29 is 8.42 Å². The molecule has 1 rings (SSSR count). The molecular formula is C10H17ClN2O2S. The van der Waals surface area contributed by atoms with Gasteiger partial charge >= 0.3 is 0 Å². The van der Waals surface area contributed by atoms with Gasteiger partial charge in [0.1, 0.15) is 0 Å². The van der Waals surface area contributed by atoms with Crippen LogP contribution in [0.5, 0.6) is 0 Å². The minimum Gasteiger partial charge on any atom is -0.353 e. The molecule has 0 bridgehead atoms. The molecule has 92 valence electrons. The molecule has 0 aliphatic carbocycles. The lowest BCUT2D eigenvalue weighted by molar-refractivity contribution is 0.561. The lowest BCUT2D eigenvalue weighted by Gasteiger charge is -2.10. The maximum Gasteiger partial charge on any atom is 0.211 e. The van der Waals surface area contributed by atoms with Crippen molar-refractivity contribution in [1.82, 2.24) is 9.29 Å². The van der Waals surface area contributed by atoms with Gasteiger partial charge in [0, 0.05) is 31.4 Å². The molecule has 0 radical (unpaired) electrons. The van der Waals surface area contributed by atoms with Crippen molar-refractivity contribution in [2.24, 2.45) is 5.92 Å². The third-order valence-corrected chi connectivity index (χ3v) is 4.30. The molecule has 1 N–H and O–H groups in total. The van der Waals surface area contributed by atoms with E-state index in [0.717, 1.165) is 0 Å². The Bertz CT molecular complexity index is 389. The van der Waals surface area contributed by atoms with Crippen LogP contribution < -0.4 is 4.72 Å². The van der Waals surface area contributed by atoms with Gasteiger partial charge in [0.05, 0.1) is 5.75 Å². The molecule has 16 heavy (non-hydrogen) atoms.